The Morgan fingerprint density at radius 1 is 1.00 bits per heavy atom. The van der Waals surface area contributed by atoms with Crippen LogP contribution in [0.3, 0.4) is 0 Å². The zero-order valence-corrected chi connectivity index (χ0v) is 21.4. The normalized spacial score (nSPS) is 45.5. The van der Waals surface area contributed by atoms with Gasteiger partial charge in [0.05, 0.1) is 18.3 Å². The molecule has 0 aromatic rings. The number of fused-ring (bicyclic) bond motifs is 5. The quantitative estimate of drug-likeness (QED) is 0.286. The lowest BCUT2D eigenvalue weighted by Gasteiger charge is -2.63. The van der Waals surface area contributed by atoms with Crippen molar-refractivity contribution in [2.24, 2.45) is 34.5 Å². The average molecular weight is 461 g/mol. The number of allylic oxidation sites excluding steroid dienone is 3. The molecule has 3 N–H and O–H groups in total. The fourth-order valence-electron chi connectivity index (χ4n) is 8.30. The van der Waals surface area contributed by atoms with Crippen molar-refractivity contribution >= 4 is 0 Å². The van der Waals surface area contributed by atoms with Gasteiger partial charge in [-0.25, -0.2) is 0 Å². The SMILES string of the molecule is CN(C)CCONC/C=C/C=C/[C@H]1CC[C@]2(O)[C@@H]3CC[C@@H]4C[C@@H](O)CC[C@]4(C)[C@H]3CC[C@]12C. The van der Waals surface area contributed by atoms with Crippen molar-refractivity contribution in [3.8, 4) is 0 Å². The summed E-state index contributed by atoms with van der Waals surface area (Å²) < 4.78 is 0. The minimum atomic E-state index is -0.541. The van der Waals surface area contributed by atoms with Gasteiger partial charge in [0.2, 0.25) is 0 Å². The molecule has 5 heteroatoms. The third-order valence-electron chi connectivity index (χ3n) is 10.4. The third-order valence-corrected chi connectivity index (χ3v) is 10.4. The van der Waals surface area contributed by atoms with Crippen LogP contribution in [0.4, 0.5) is 0 Å². The van der Waals surface area contributed by atoms with Crippen molar-refractivity contribution in [1.82, 2.24) is 10.4 Å². The van der Waals surface area contributed by atoms with E-state index in [1.807, 2.05) is 14.1 Å². The van der Waals surface area contributed by atoms with Crippen molar-refractivity contribution in [3.05, 3.63) is 24.3 Å². The van der Waals surface area contributed by atoms with Crippen molar-refractivity contribution in [3.63, 3.8) is 0 Å². The number of aliphatic hydroxyl groups is 2. The number of likely N-dealkylation sites (N-methyl/N-ethyl adjacent to an activating group) is 1. The van der Waals surface area contributed by atoms with Crippen LogP contribution in [0.15, 0.2) is 24.3 Å². The summed E-state index contributed by atoms with van der Waals surface area (Å²) in [5.41, 5.74) is 2.72. The van der Waals surface area contributed by atoms with Crippen LogP contribution < -0.4 is 5.48 Å². The third kappa shape index (κ3) is 4.73. The zero-order chi connectivity index (χ0) is 23.7. The summed E-state index contributed by atoms with van der Waals surface area (Å²) in [6.45, 7) is 7.14. The van der Waals surface area contributed by atoms with E-state index >= 15 is 0 Å². The predicted octanol–water partition coefficient (Wildman–Crippen LogP) is 4.32. The highest BCUT2D eigenvalue weighted by Crippen LogP contribution is 2.69. The second-order valence-electron chi connectivity index (χ2n) is 12.3. The molecule has 188 valence electrons. The van der Waals surface area contributed by atoms with Crippen LogP contribution in [0.25, 0.3) is 0 Å². The molecule has 0 bridgehead atoms. The predicted molar refractivity (Wildman–Crippen MR) is 133 cm³/mol. The van der Waals surface area contributed by atoms with E-state index in [9.17, 15) is 10.2 Å². The molecule has 0 amide bonds. The fourth-order valence-corrected chi connectivity index (χ4v) is 8.30. The Labute approximate surface area is 201 Å². The van der Waals surface area contributed by atoms with E-state index in [4.69, 9.17) is 4.84 Å². The largest absolute Gasteiger partial charge is 0.393 e. The van der Waals surface area contributed by atoms with Crippen LogP contribution >= 0.6 is 0 Å². The molecule has 4 fully saturated rings. The highest BCUT2D eigenvalue weighted by Gasteiger charge is 2.66. The standard InChI is InChI=1S/C28H48N2O3/c1-26-14-12-23(31)20-22(26)9-10-25-24(26)13-15-27(2)21(11-16-28(25,27)32)8-6-5-7-17-29-33-19-18-30(3)4/h5-8,21-25,29,31-32H,9-20H2,1-4H3/b7-5+,8-6+/t21-,22+,23-,24-,25+,26-,27+,28-/m0/s1. The van der Waals surface area contributed by atoms with E-state index in [-0.39, 0.29) is 11.5 Å². The molecule has 0 aliphatic heterocycles. The molecule has 0 aromatic carbocycles. The Bertz CT molecular complexity index is 724. The molecule has 0 heterocycles. The van der Waals surface area contributed by atoms with E-state index in [0.717, 1.165) is 51.5 Å². The molecule has 0 spiro atoms. The number of hydroxylamine groups is 1. The van der Waals surface area contributed by atoms with Gasteiger partial charge >= 0.3 is 0 Å². The van der Waals surface area contributed by atoms with Crippen molar-refractivity contribution in [2.45, 2.75) is 83.3 Å². The van der Waals surface area contributed by atoms with Crippen LogP contribution in [-0.2, 0) is 4.84 Å². The minimum absolute atomic E-state index is 0.0244. The Morgan fingerprint density at radius 3 is 2.61 bits per heavy atom. The van der Waals surface area contributed by atoms with Gasteiger partial charge in [-0.15, -0.1) is 0 Å². The van der Waals surface area contributed by atoms with Gasteiger partial charge in [-0.3, -0.25) is 0 Å². The van der Waals surface area contributed by atoms with E-state index in [2.05, 4.69) is 48.5 Å². The van der Waals surface area contributed by atoms with Gasteiger partial charge in [-0.1, -0.05) is 38.2 Å². The Balaban J connectivity index is 1.35. The van der Waals surface area contributed by atoms with Crippen LogP contribution in [-0.4, -0.2) is 60.6 Å². The molecule has 4 rings (SSSR count). The summed E-state index contributed by atoms with van der Waals surface area (Å²) in [4.78, 5) is 7.51. The van der Waals surface area contributed by atoms with E-state index in [1.54, 1.807) is 0 Å². The highest BCUT2D eigenvalue weighted by molar-refractivity contribution is 5.20. The summed E-state index contributed by atoms with van der Waals surface area (Å²) in [5.74, 6) is 2.11. The van der Waals surface area contributed by atoms with Crippen LogP contribution in [0.5, 0.6) is 0 Å². The summed E-state index contributed by atoms with van der Waals surface area (Å²) in [7, 11) is 4.08. The second kappa shape index (κ2) is 10.1. The summed E-state index contributed by atoms with van der Waals surface area (Å²) >= 11 is 0. The van der Waals surface area contributed by atoms with Gasteiger partial charge in [0.1, 0.15) is 0 Å². The Kier molecular flexibility index (Phi) is 7.77. The maximum Gasteiger partial charge on any atom is 0.0809 e. The van der Waals surface area contributed by atoms with E-state index in [0.29, 0.717) is 42.2 Å². The molecule has 0 aromatic heterocycles. The van der Waals surface area contributed by atoms with Crippen LogP contribution in [0.2, 0.25) is 0 Å². The topological polar surface area (TPSA) is 65.0 Å². The Hall–Kier alpha value is -0.720. The second-order valence-corrected chi connectivity index (χ2v) is 12.3. The summed E-state index contributed by atoms with van der Waals surface area (Å²) in [5, 5.41) is 22.5. The molecule has 8 atom stereocenters. The van der Waals surface area contributed by atoms with Crippen molar-refractivity contribution < 1.29 is 15.1 Å². The molecular formula is C28H48N2O3. The molecule has 33 heavy (non-hydrogen) atoms. The molecule has 5 nitrogen and oxygen atoms in total. The first-order valence-corrected chi connectivity index (χ1v) is 13.4. The van der Waals surface area contributed by atoms with Gasteiger partial charge in [-0.05, 0) is 101 Å². The van der Waals surface area contributed by atoms with Gasteiger partial charge in [-0.2, -0.15) is 5.48 Å². The summed E-state index contributed by atoms with van der Waals surface area (Å²) in [6.07, 6.45) is 18.4. The number of nitrogens with one attached hydrogen (secondary N) is 1. The Morgan fingerprint density at radius 2 is 1.82 bits per heavy atom. The molecular weight excluding hydrogens is 412 g/mol. The lowest BCUT2D eigenvalue weighted by Crippen LogP contribution is -2.62. The van der Waals surface area contributed by atoms with E-state index < -0.39 is 5.60 Å². The first kappa shape index (κ1) is 25.4. The smallest absolute Gasteiger partial charge is 0.0809 e. The van der Waals surface area contributed by atoms with E-state index in [1.165, 1.54) is 12.8 Å². The van der Waals surface area contributed by atoms with Crippen LogP contribution in [0, 0.1) is 34.5 Å². The van der Waals surface area contributed by atoms with Gasteiger partial charge < -0.3 is 20.0 Å². The van der Waals surface area contributed by atoms with Gasteiger partial charge in [0.15, 0.2) is 0 Å². The maximum absolute atomic E-state index is 12.2. The molecule has 4 saturated carbocycles. The van der Waals surface area contributed by atoms with Crippen molar-refractivity contribution in [2.75, 3.05) is 33.8 Å². The molecule has 4 aliphatic rings. The lowest BCUT2D eigenvalue weighted by molar-refractivity contribution is -0.207. The van der Waals surface area contributed by atoms with Gasteiger partial charge in [0, 0.05) is 18.5 Å². The monoisotopic (exact) mass is 460 g/mol. The average Bonchev–Trinajstić information content (AvgIpc) is 3.04. The first-order valence-electron chi connectivity index (χ1n) is 13.4. The number of rotatable bonds is 8. The number of aliphatic hydroxyl groups excluding tert-OH is 1. The molecule has 4 aliphatic carbocycles. The first-order chi connectivity index (χ1) is 15.7. The minimum Gasteiger partial charge on any atom is -0.393 e. The zero-order valence-electron chi connectivity index (χ0n) is 21.4. The highest BCUT2D eigenvalue weighted by atomic mass is 16.6. The van der Waals surface area contributed by atoms with Gasteiger partial charge in [0.25, 0.3) is 0 Å². The van der Waals surface area contributed by atoms with Crippen LogP contribution in [0.1, 0.15) is 71.6 Å². The summed E-state index contributed by atoms with van der Waals surface area (Å²) in [6, 6.07) is 0. The number of nitrogens with zero attached hydrogens (tertiary/aromatic N) is 1. The number of hydrogen-bond donors (Lipinski definition) is 3. The molecule has 0 radical (unpaired) electrons. The molecule has 0 saturated heterocycles. The maximum atomic E-state index is 12.2. The van der Waals surface area contributed by atoms with Crippen molar-refractivity contribution in [1.29, 1.82) is 0 Å². The fraction of sp³-hybridized carbons (Fsp3) is 0.857. The molecule has 0 unspecified atom stereocenters. The number of hydrogen-bond acceptors (Lipinski definition) is 5. The lowest BCUT2D eigenvalue weighted by atomic mass is 9.43.